The van der Waals surface area contributed by atoms with E-state index in [-0.39, 0.29) is 16.7 Å². The smallest absolute Gasteiger partial charge is 0.261 e. The van der Waals surface area contributed by atoms with E-state index in [2.05, 4.69) is 15.1 Å². The molecule has 0 unspecified atom stereocenters. The second-order valence-corrected chi connectivity index (χ2v) is 3.72. The zero-order valence-electron chi connectivity index (χ0n) is 9.19. The standard InChI is InChI=1S/C11H5F3N4O/c12-6-1-2-7(9(14)8(6)13)18-10-5(3-17-18)11(19)16-4-15-10/h1-4H,(H,15,16,19). The third-order valence-electron chi connectivity index (χ3n) is 2.61. The van der Waals surface area contributed by atoms with Crippen molar-refractivity contribution >= 4 is 11.0 Å². The van der Waals surface area contributed by atoms with Crippen LogP contribution in [0.3, 0.4) is 0 Å². The normalized spacial score (nSPS) is 11.1. The molecule has 0 atom stereocenters. The average molecular weight is 266 g/mol. The van der Waals surface area contributed by atoms with E-state index in [4.69, 9.17) is 0 Å². The Kier molecular flexibility index (Phi) is 2.37. The summed E-state index contributed by atoms with van der Waals surface area (Å²) in [6.45, 7) is 0. The molecule has 0 bridgehead atoms. The first-order chi connectivity index (χ1) is 9.09. The molecule has 0 amide bonds. The number of fused-ring (bicyclic) bond motifs is 1. The largest absolute Gasteiger partial charge is 0.312 e. The number of nitrogens with one attached hydrogen (secondary N) is 1. The summed E-state index contributed by atoms with van der Waals surface area (Å²) in [7, 11) is 0. The van der Waals surface area contributed by atoms with Crippen LogP contribution in [0.1, 0.15) is 0 Å². The second kappa shape index (κ2) is 3.94. The highest BCUT2D eigenvalue weighted by atomic mass is 19.2. The molecule has 0 saturated carbocycles. The fourth-order valence-electron chi connectivity index (χ4n) is 1.71. The maximum Gasteiger partial charge on any atom is 0.261 e. The van der Waals surface area contributed by atoms with Gasteiger partial charge in [-0.15, -0.1) is 0 Å². The fraction of sp³-hybridized carbons (Fsp3) is 0. The summed E-state index contributed by atoms with van der Waals surface area (Å²) in [5, 5.41) is 3.88. The molecule has 1 N–H and O–H groups in total. The minimum absolute atomic E-state index is 0.0497. The van der Waals surface area contributed by atoms with Crippen molar-refractivity contribution < 1.29 is 13.2 Å². The van der Waals surface area contributed by atoms with E-state index < -0.39 is 23.0 Å². The van der Waals surface area contributed by atoms with Crippen LogP contribution in [0.2, 0.25) is 0 Å². The molecule has 2 heterocycles. The Bertz CT molecular complexity index is 840. The summed E-state index contributed by atoms with van der Waals surface area (Å²) in [6.07, 6.45) is 2.28. The average Bonchev–Trinajstić information content (AvgIpc) is 2.82. The number of H-pyrrole nitrogens is 1. The Hall–Kier alpha value is -2.64. The van der Waals surface area contributed by atoms with E-state index in [0.717, 1.165) is 23.1 Å². The minimum Gasteiger partial charge on any atom is -0.312 e. The van der Waals surface area contributed by atoms with Crippen molar-refractivity contribution in [3.63, 3.8) is 0 Å². The van der Waals surface area contributed by atoms with Crippen LogP contribution in [0, 0.1) is 17.5 Å². The molecular weight excluding hydrogens is 261 g/mol. The molecule has 1 aromatic carbocycles. The number of aromatic nitrogens is 4. The van der Waals surface area contributed by atoms with Crippen LogP contribution in [0.4, 0.5) is 13.2 Å². The SMILES string of the molecule is O=c1[nH]cnc2c1cnn2-c1ccc(F)c(F)c1F. The van der Waals surface area contributed by atoms with Gasteiger partial charge in [-0.1, -0.05) is 0 Å². The number of hydrogen-bond acceptors (Lipinski definition) is 3. The lowest BCUT2D eigenvalue weighted by Gasteiger charge is -2.05. The molecule has 5 nitrogen and oxygen atoms in total. The Balaban J connectivity index is 2.35. The van der Waals surface area contributed by atoms with Gasteiger partial charge in [0.15, 0.2) is 23.1 Å². The second-order valence-electron chi connectivity index (χ2n) is 3.72. The number of benzene rings is 1. The van der Waals surface area contributed by atoms with E-state index in [1.54, 1.807) is 0 Å². The van der Waals surface area contributed by atoms with Gasteiger partial charge in [0.1, 0.15) is 11.1 Å². The molecule has 0 aliphatic rings. The fourth-order valence-corrected chi connectivity index (χ4v) is 1.71. The van der Waals surface area contributed by atoms with Crippen LogP contribution in [-0.4, -0.2) is 19.7 Å². The molecular formula is C11H5F3N4O. The highest BCUT2D eigenvalue weighted by Gasteiger charge is 2.18. The summed E-state index contributed by atoms with van der Waals surface area (Å²) in [5.74, 6) is -4.30. The molecule has 0 fully saturated rings. The summed E-state index contributed by atoms with van der Waals surface area (Å²) >= 11 is 0. The number of aromatic amines is 1. The third kappa shape index (κ3) is 1.60. The molecule has 96 valence electrons. The van der Waals surface area contributed by atoms with Crippen LogP contribution in [-0.2, 0) is 0 Å². The first-order valence-corrected chi connectivity index (χ1v) is 5.15. The van der Waals surface area contributed by atoms with Gasteiger partial charge < -0.3 is 4.98 Å². The Morgan fingerprint density at radius 2 is 1.95 bits per heavy atom. The van der Waals surface area contributed by atoms with E-state index in [1.807, 2.05) is 0 Å². The number of hydrogen-bond donors (Lipinski definition) is 1. The number of halogens is 3. The lowest BCUT2D eigenvalue weighted by atomic mass is 10.3. The van der Waals surface area contributed by atoms with Crippen LogP contribution in [0.15, 0.2) is 29.5 Å². The summed E-state index contributed by atoms with van der Waals surface area (Å²) < 4.78 is 40.6. The molecule has 0 aliphatic carbocycles. The molecule has 0 aliphatic heterocycles. The molecule has 0 spiro atoms. The van der Waals surface area contributed by atoms with Crippen molar-refractivity contribution in [1.29, 1.82) is 0 Å². The Morgan fingerprint density at radius 1 is 1.16 bits per heavy atom. The maximum atomic E-state index is 13.7. The third-order valence-corrected chi connectivity index (χ3v) is 2.61. The molecule has 2 aromatic heterocycles. The highest BCUT2D eigenvalue weighted by Crippen LogP contribution is 2.20. The molecule has 3 aromatic rings. The minimum atomic E-state index is -1.61. The van der Waals surface area contributed by atoms with Crippen molar-refractivity contribution in [2.45, 2.75) is 0 Å². The van der Waals surface area contributed by atoms with Crippen LogP contribution >= 0.6 is 0 Å². The quantitative estimate of drug-likeness (QED) is 0.679. The van der Waals surface area contributed by atoms with E-state index >= 15 is 0 Å². The maximum absolute atomic E-state index is 13.7. The van der Waals surface area contributed by atoms with Gasteiger partial charge in [-0.3, -0.25) is 4.79 Å². The number of nitrogens with zero attached hydrogens (tertiary/aromatic N) is 3. The lowest BCUT2D eigenvalue weighted by Crippen LogP contribution is -2.08. The van der Waals surface area contributed by atoms with Gasteiger partial charge in [0.25, 0.3) is 5.56 Å². The van der Waals surface area contributed by atoms with E-state index in [0.29, 0.717) is 0 Å². The predicted molar refractivity (Wildman–Crippen MR) is 59.4 cm³/mol. The van der Waals surface area contributed by atoms with Gasteiger partial charge in [-0.25, -0.2) is 22.8 Å². The van der Waals surface area contributed by atoms with Crippen LogP contribution in [0.25, 0.3) is 16.7 Å². The Morgan fingerprint density at radius 3 is 2.74 bits per heavy atom. The summed E-state index contributed by atoms with van der Waals surface area (Å²) in [5.41, 5.74) is -0.736. The van der Waals surface area contributed by atoms with Crippen LogP contribution in [0.5, 0.6) is 0 Å². The van der Waals surface area contributed by atoms with Crippen molar-refractivity contribution in [3.05, 3.63) is 52.5 Å². The molecule has 8 heteroatoms. The molecule has 0 saturated heterocycles. The molecule has 0 radical (unpaired) electrons. The van der Waals surface area contributed by atoms with Crippen molar-refractivity contribution in [1.82, 2.24) is 19.7 Å². The van der Waals surface area contributed by atoms with Crippen molar-refractivity contribution in [2.75, 3.05) is 0 Å². The van der Waals surface area contributed by atoms with E-state index in [9.17, 15) is 18.0 Å². The first-order valence-electron chi connectivity index (χ1n) is 5.15. The lowest BCUT2D eigenvalue weighted by molar-refractivity contribution is 0.443. The zero-order chi connectivity index (χ0) is 13.6. The van der Waals surface area contributed by atoms with Crippen molar-refractivity contribution in [3.8, 4) is 5.69 Å². The monoisotopic (exact) mass is 266 g/mol. The van der Waals surface area contributed by atoms with Gasteiger partial charge in [0.05, 0.1) is 12.5 Å². The first kappa shape index (κ1) is 11.5. The molecule has 3 rings (SSSR count). The van der Waals surface area contributed by atoms with Crippen molar-refractivity contribution in [2.24, 2.45) is 0 Å². The van der Waals surface area contributed by atoms with Gasteiger partial charge in [-0.2, -0.15) is 5.10 Å². The molecule has 19 heavy (non-hydrogen) atoms. The summed E-state index contributed by atoms with van der Waals surface area (Å²) in [6, 6.07) is 1.79. The topological polar surface area (TPSA) is 63.6 Å². The van der Waals surface area contributed by atoms with Gasteiger partial charge in [0, 0.05) is 0 Å². The highest BCUT2D eigenvalue weighted by molar-refractivity contribution is 5.74. The predicted octanol–water partition coefficient (Wildman–Crippen LogP) is 1.53. The van der Waals surface area contributed by atoms with Crippen LogP contribution < -0.4 is 5.56 Å². The van der Waals surface area contributed by atoms with E-state index in [1.165, 1.54) is 6.20 Å². The zero-order valence-corrected chi connectivity index (χ0v) is 9.19. The number of rotatable bonds is 1. The van der Waals surface area contributed by atoms with Gasteiger partial charge >= 0.3 is 0 Å². The van der Waals surface area contributed by atoms with Gasteiger partial charge in [-0.05, 0) is 12.1 Å². The Labute approximate surface area is 103 Å². The van der Waals surface area contributed by atoms with Gasteiger partial charge in [0.2, 0.25) is 0 Å². The summed E-state index contributed by atoms with van der Waals surface area (Å²) in [4.78, 5) is 17.6.